The molecule has 1 aliphatic heterocycles. The number of fused-ring (bicyclic) bond motifs is 1. The summed E-state index contributed by atoms with van der Waals surface area (Å²) in [6.07, 6.45) is 1.46. The molecule has 25 heavy (non-hydrogen) atoms. The fourth-order valence-corrected chi connectivity index (χ4v) is 2.63. The van der Waals surface area contributed by atoms with Crippen molar-refractivity contribution < 1.29 is 23.9 Å². The molecule has 0 amide bonds. The van der Waals surface area contributed by atoms with Crippen molar-refractivity contribution in [3.63, 3.8) is 0 Å². The predicted molar refractivity (Wildman–Crippen MR) is 90.4 cm³/mol. The Balaban J connectivity index is 2.09. The number of methoxy groups -OCH3 is 2. The molecule has 7 nitrogen and oxygen atoms in total. The third-order valence-corrected chi connectivity index (χ3v) is 3.87. The fourth-order valence-electron chi connectivity index (χ4n) is 2.63. The first-order valence-corrected chi connectivity index (χ1v) is 7.42. The molecule has 0 spiro atoms. The van der Waals surface area contributed by atoms with E-state index in [0.717, 1.165) is 0 Å². The van der Waals surface area contributed by atoms with Crippen LogP contribution in [-0.2, 0) is 0 Å². The maximum atomic E-state index is 12.6. The van der Waals surface area contributed by atoms with Crippen LogP contribution < -0.4 is 14.2 Å². The maximum absolute atomic E-state index is 12.6. The Hall–Kier alpha value is -3.35. The largest absolute Gasteiger partial charge is 0.493 e. The standard InChI is InChI=1S/C18H15NO6/c1-23-16-8-11(14(19(21)22)9-17(16)24-2)7-12-10-25-15-6-4-3-5-13(15)18(12)20/h3-9H,10H2,1-2H3/b12-7-. The maximum Gasteiger partial charge on any atom is 0.280 e. The Kier molecular flexibility index (Phi) is 4.38. The highest BCUT2D eigenvalue weighted by molar-refractivity contribution is 6.14. The average Bonchev–Trinajstić information content (AvgIpc) is 2.63. The average molecular weight is 341 g/mol. The van der Waals surface area contributed by atoms with Crippen LogP contribution in [0.1, 0.15) is 15.9 Å². The molecule has 0 aromatic heterocycles. The summed E-state index contributed by atoms with van der Waals surface area (Å²) in [6.45, 7) is 0.0430. The number of nitro groups is 1. The highest BCUT2D eigenvalue weighted by Crippen LogP contribution is 2.36. The van der Waals surface area contributed by atoms with Crippen molar-refractivity contribution in [2.24, 2.45) is 0 Å². The zero-order valence-electron chi connectivity index (χ0n) is 13.6. The lowest BCUT2D eigenvalue weighted by atomic mass is 9.98. The Bertz CT molecular complexity index is 887. The van der Waals surface area contributed by atoms with Crippen molar-refractivity contribution in [3.8, 4) is 17.2 Å². The lowest BCUT2D eigenvalue weighted by molar-refractivity contribution is -0.385. The van der Waals surface area contributed by atoms with E-state index in [1.807, 2.05) is 0 Å². The third kappa shape index (κ3) is 3.03. The number of nitro benzene ring substituents is 1. The van der Waals surface area contributed by atoms with Gasteiger partial charge in [-0.25, -0.2) is 0 Å². The molecule has 0 bridgehead atoms. The number of nitrogens with zero attached hydrogens (tertiary/aromatic N) is 1. The van der Waals surface area contributed by atoms with E-state index in [1.165, 1.54) is 32.4 Å². The lowest BCUT2D eigenvalue weighted by Gasteiger charge is -2.18. The minimum atomic E-state index is -0.531. The third-order valence-electron chi connectivity index (χ3n) is 3.87. The van der Waals surface area contributed by atoms with Gasteiger partial charge >= 0.3 is 0 Å². The van der Waals surface area contributed by atoms with Gasteiger partial charge in [0.25, 0.3) is 5.69 Å². The molecule has 0 saturated heterocycles. The first kappa shape index (κ1) is 16.5. The number of rotatable bonds is 4. The molecule has 2 aromatic rings. The number of hydrogen-bond acceptors (Lipinski definition) is 6. The van der Waals surface area contributed by atoms with E-state index in [9.17, 15) is 14.9 Å². The van der Waals surface area contributed by atoms with Gasteiger partial charge in [0.05, 0.1) is 36.3 Å². The van der Waals surface area contributed by atoms with Gasteiger partial charge in [-0.1, -0.05) is 12.1 Å². The summed E-state index contributed by atoms with van der Waals surface area (Å²) in [5.74, 6) is 0.870. The summed E-state index contributed by atoms with van der Waals surface area (Å²) in [5.41, 5.74) is 0.822. The van der Waals surface area contributed by atoms with Crippen molar-refractivity contribution in [1.29, 1.82) is 0 Å². The van der Waals surface area contributed by atoms with Crippen molar-refractivity contribution in [2.75, 3.05) is 20.8 Å². The van der Waals surface area contributed by atoms with E-state index in [4.69, 9.17) is 14.2 Å². The molecular weight excluding hydrogens is 326 g/mol. The van der Waals surface area contributed by atoms with Crippen LogP contribution in [0.4, 0.5) is 5.69 Å². The van der Waals surface area contributed by atoms with Crippen LogP contribution in [0.2, 0.25) is 0 Å². The minimum Gasteiger partial charge on any atom is -0.493 e. The van der Waals surface area contributed by atoms with Gasteiger partial charge in [-0.3, -0.25) is 14.9 Å². The van der Waals surface area contributed by atoms with Gasteiger partial charge in [-0.05, 0) is 24.3 Å². The summed E-state index contributed by atoms with van der Waals surface area (Å²) >= 11 is 0. The van der Waals surface area contributed by atoms with Crippen LogP contribution in [0.15, 0.2) is 42.0 Å². The predicted octanol–water partition coefficient (Wildman–Crippen LogP) is 3.27. The van der Waals surface area contributed by atoms with E-state index < -0.39 is 4.92 Å². The molecule has 0 atom stereocenters. The topological polar surface area (TPSA) is 87.9 Å². The molecule has 0 saturated carbocycles. The minimum absolute atomic E-state index is 0.0430. The lowest BCUT2D eigenvalue weighted by Crippen LogP contribution is -2.18. The Morgan fingerprint density at radius 2 is 1.84 bits per heavy atom. The van der Waals surface area contributed by atoms with Crippen molar-refractivity contribution in [2.45, 2.75) is 0 Å². The van der Waals surface area contributed by atoms with E-state index in [-0.39, 0.29) is 29.4 Å². The molecule has 2 aromatic carbocycles. The Morgan fingerprint density at radius 1 is 1.16 bits per heavy atom. The van der Waals surface area contributed by atoms with Crippen molar-refractivity contribution in [3.05, 3.63) is 63.2 Å². The van der Waals surface area contributed by atoms with Gasteiger partial charge in [0, 0.05) is 5.57 Å². The zero-order chi connectivity index (χ0) is 18.0. The van der Waals surface area contributed by atoms with Crippen molar-refractivity contribution in [1.82, 2.24) is 0 Å². The normalized spacial score (nSPS) is 14.6. The van der Waals surface area contributed by atoms with Crippen LogP contribution in [0.3, 0.4) is 0 Å². The SMILES string of the molecule is COc1cc(/C=C2/COc3ccccc3C2=O)c([N+](=O)[O-])cc1OC. The number of Topliss-reactive ketones (excluding diaryl/α,β-unsaturated/α-hetero) is 1. The Labute approximate surface area is 143 Å². The Morgan fingerprint density at radius 3 is 2.52 bits per heavy atom. The second-order valence-corrected chi connectivity index (χ2v) is 5.31. The second kappa shape index (κ2) is 6.64. The highest BCUT2D eigenvalue weighted by Gasteiger charge is 2.25. The monoisotopic (exact) mass is 341 g/mol. The van der Waals surface area contributed by atoms with E-state index in [1.54, 1.807) is 24.3 Å². The second-order valence-electron chi connectivity index (χ2n) is 5.31. The molecule has 0 radical (unpaired) electrons. The number of ether oxygens (including phenoxy) is 3. The molecule has 3 rings (SSSR count). The van der Waals surface area contributed by atoms with Gasteiger partial charge in [0.2, 0.25) is 0 Å². The quantitative estimate of drug-likeness (QED) is 0.482. The van der Waals surface area contributed by atoms with Crippen LogP contribution in [0.5, 0.6) is 17.2 Å². The van der Waals surface area contributed by atoms with Gasteiger partial charge in [0.1, 0.15) is 12.4 Å². The number of benzene rings is 2. The van der Waals surface area contributed by atoms with Gasteiger partial charge < -0.3 is 14.2 Å². The van der Waals surface area contributed by atoms with Gasteiger partial charge in [-0.2, -0.15) is 0 Å². The summed E-state index contributed by atoms with van der Waals surface area (Å²) in [6, 6.07) is 9.63. The molecule has 128 valence electrons. The molecule has 0 unspecified atom stereocenters. The molecular formula is C18H15NO6. The zero-order valence-corrected chi connectivity index (χ0v) is 13.6. The fraction of sp³-hybridized carbons (Fsp3) is 0.167. The number of para-hydroxylation sites is 1. The van der Waals surface area contributed by atoms with E-state index in [2.05, 4.69) is 0 Å². The summed E-state index contributed by atoms with van der Waals surface area (Å²) in [4.78, 5) is 23.4. The first-order chi connectivity index (χ1) is 12.0. The molecule has 0 N–H and O–H groups in total. The molecule has 7 heteroatoms. The van der Waals surface area contributed by atoms with Gasteiger partial charge in [0.15, 0.2) is 17.3 Å². The first-order valence-electron chi connectivity index (χ1n) is 7.42. The van der Waals surface area contributed by atoms with E-state index >= 15 is 0 Å². The summed E-state index contributed by atoms with van der Waals surface area (Å²) < 4.78 is 15.9. The van der Waals surface area contributed by atoms with Crippen LogP contribution in [0.25, 0.3) is 6.08 Å². The molecule has 1 aliphatic rings. The van der Waals surface area contributed by atoms with Gasteiger partial charge in [-0.15, -0.1) is 0 Å². The number of carbonyl (C=O) groups excluding carboxylic acids is 1. The molecule has 1 heterocycles. The molecule has 0 aliphatic carbocycles. The number of carbonyl (C=O) groups is 1. The smallest absolute Gasteiger partial charge is 0.280 e. The summed E-state index contributed by atoms with van der Waals surface area (Å²) in [7, 11) is 2.83. The van der Waals surface area contributed by atoms with E-state index in [0.29, 0.717) is 22.6 Å². The number of ketones is 1. The van der Waals surface area contributed by atoms with Crippen molar-refractivity contribution >= 4 is 17.5 Å². The van der Waals surface area contributed by atoms with Crippen LogP contribution >= 0.6 is 0 Å². The highest BCUT2D eigenvalue weighted by atomic mass is 16.6. The molecule has 0 fully saturated rings. The van der Waals surface area contributed by atoms with Crippen LogP contribution in [-0.4, -0.2) is 31.5 Å². The van der Waals surface area contributed by atoms with Crippen LogP contribution in [0, 0.1) is 10.1 Å². The number of hydrogen-bond donors (Lipinski definition) is 0. The summed E-state index contributed by atoms with van der Waals surface area (Å²) in [5, 5.41) is 11.4.